The van der Waals surface area contributed by atoms with Crippen LogP contribution in [0.2, 0.25) is 0 Å². The molecule has 0 bridgehead atoms. The number of ether oxygens (including phenoxy) is 1. The van der Waals surface area contributed by atoms with Gasteiger partial charge in [0.05, 0.1) is 13.2 Å². The lowest BCUT2D eigenvalue weighted by molar-refractivity contribution is 0.00692. The van der Waals surface area contributed by atoms with E-state index in [2.05, 4.69) is 10.3 Å². The summed E-state index contributed by atoms with van der Waals surface area (Å²) in [5, 5.41) is 3.23. The summed E-state index contributed by atoms with van der Waals surface area (Å²) in [5.41, 5.74) is 5.52. The van der Waals surface area contributed by atoms with E-state index >= 15 is 0 Å². The van der Waals surface area contributed by atoms with Crippen molar-refractivity contribution in [1.82, 2.24) is 5.32 Å². The molecule has 2 fully saturated rings. The first-order chi connectivity index (χ1) is 8.74. The number of nitrogens with zero attached hydrogens (tertiary/aromatic N) is 1. The number of guanidine groups is 1. The molecule has 0 atom stereocenters. The number of hydrogen-bond acceptors (Lipinski definition) is 2. The van der Waals surface area contributed by atoms with Crippen LogP contribution in [-0.2, 0) is 4.74 Å². The summed E-state index contributed by atoms with van der Waals surface area (Å²) in [4.78, 5) is 4.34. The Morgan fingerprint density at radius 1 is 1.33 bits per heavy atom. The first-order valence-corrected chi connectivity index (χ1v) is 6.94. The lowest BCUT2D eigenvalue weighted by Crippen LogP contribution is -2.41. The average Bonchev–Trinajstić information content (AvgIpc) is 2.90. The normalized spacial score (nSPS) is 25.3. The van der Waals surface area contributed by atoms with Gasteiger partial charge in [-0.3, -0.25) is 9.38 Å². The van der Waals surface area contributed by atoms with Crippen molar-refractivity contribution in [2.24, 2.45) is 16.1 Å². The van der Waals surface area contributed by atoms with Crippen LogP contribution in [-0.4, -0.2) is 38.4 Å². The zero-order chi connectivity index (χ0) is 12.8. The maximum atomic E-state index is 13.2. The minimum Gasteiger partial charge on any atom is -0.381 e. The lowest BCUT2D eigenvalue weighted by Gasteiger charge is -2.33. The number of hydrogen-bond donors (Lipinski definition) is 2. The van der Waals surface area contributed by atoms with Gasteiger partial charge in [-0.1, -0.05) is 12.8 Å². The fraction of sp³-hybridized carbons (Fsp3) is 0.923. The molecule has 0 aromatic carbocycles. The van der Waals surface area contributed by atoms with Gasteiger partial charge in [0, 0.05) is 24.7 Å². The molecule has 5 heteroatoms. The summed E-state index contributed by atoms with van der Waals surface area (Å²) in [7, 11) is 0. The Balaban J connectivity index is 1.83. The summed E-state index contributed by atoms with van der Waals surface area (Å²) in [6, 6.07) is 0.463. The van der Waals surface area contributed by atoms with Gasteiger partial charge in [-0.2, -0.15) is 0 Å². The van der Waals surface area contributed by atoms with Gasteiger partial charge < -0.3 is 15.8 Å². The lowest BCUT2D eigenvalue weighted by atomic mass is 9.82. The monoisotopic (exact) mass is 257 g/mol. The molecule has 0 amide bonds. The smallest absolute Gasteiger partial charge is 0.188 e. The third kappa shape index (κ3) is 3.57. The molecule has 2 rings (SSSR count). The van der Waals surface area contributed by atoms with E-state index < -0.39 is 0 Å². The summed E-state index contributed by atoms with van der Waals surface area (Å²) in [6.45, 7) is 1.40. The third-order valence-corrected chi connectivity index (χ3v) is 4.13. The topological polar surface area (TPSA) is 59.6 Å². The molecule has 1 saturated heterocycles. The second-order valence-corrected chi connectivity index (χ2v) is 5.57. The Morgan fingerprint density at radius 3 is 2.61 bits per heavy atom. The molecular formula is C13H24FN3O. The van der Waals surface area contributed by atoms with Crippen LogP contribution in [0.15, 0.2) is 4.99 Å². The summed E-state index contributed by atoms with van der Waals surface area (Å²) in [5.74, 6) is 0.473. The van der Waals surface area contributed by atoms with Crippen molar-refractivity contribution >= 4 is 5.96 Å². The van der Waals surface area contributed by atoms with Crippen LogP contribution in [0.1, 0.15) is 38.5 Å². The number of rotatable bonds is 4. The van der Waals surface area contributed by atoms with Gasteiger partial charge in [0.1, 0.15) is 0 Å². The maximum Gasteiger partial charge on any atom is 0.188 e. The summed E-state index contributed by atoms with van der Waals surface area (Å²) in [6.07, 6.45) is 6.33. The summed E-state index contributed by atoms with van der Waals surface area (Å²) >= 11 is 0. The second-order valence-electron chi connectivity index (χ2n) is 5.57. The molecule has 0 radical (unpaired) electrons. The minimum absolute atomic E-state index is 0.337. The van der Waals surface area contributed by atoms with Crippen molar-refractivity contribution in [3.63, 3.8) is 0 Å². The SMILES string of the molecule is NC(=NCC1(CF)CCOCC1)NC1CCCC1. The van der Waals surface area contributed by atoms with Crippen molar-refractivity contribution in [2.75, 3.05) is 26.4 Å². The first-order valence-electron chi connectivity index (χ1n) is 6.94. The molecule has 3 N–H and O–H groups in total. The van der Waals surface area contributed by atoms with E-state index in [1.807, 2.05) is 0 Å². The molecule has 0 aromatic heterocycles. The van der Waals surface area contributed by atoms with Gasteiger partial charge >= 0.3 is 0 Å². The van der Waals surface area contributed by atoms with Crippen LogP contribution in [0.5, 0.6) is 0 Å². The third-order valence-electron chi connectivity index (χ3n) is 4.13. The number of alkyl halides is 1. The predicted molar refractivity (Wildman–Crippen MR) is 70.3 cm³/mol. The number of halogens is 1. The number of nitrogens with two attached hydrogens (primary N) is 1. The van der Waals surface area contributed by atoms with Crippen LogP contribution >= 0.6 is 0 Å². The number of nitrogens with one attached hydrogen (secondary N) is 1. The second kappa shape index (κ2) is 6.36. The van der Waals surface area contributed by atoms with E-state index in [-0.39, 0.29) is 12.1 Å². The zero-order valence-electron chi connectivity index (χ0n) is 11.0. The molecule has 1 aliphatic carbocycles. The predicted octanol–water partition coefficient (Wildman–Crippen LogP) is 1.60. The molecule has 1 saturated carbocycles. The van der Waals surface area contributed by atoms with Crippen molar-refractivity contribution < 1.29 is 9.13 Å². The van der Waals surface area contributed by atoms with Crippen molar-refractivity contribution in [2.45, 2.75) is 44.6 Å². The van der Waals surface area contributed by atoms with E-state index in [0.717, 1.165) is 25.7 Å². The Hall–Kier alpha value is -0.840. The molecular weight excluding hydrogens is 233 g/mol. The van der Waals surface area contributed by atoms with Gasteiger partial charge in [-0.25, -0.2) is 0 Å². The van der Waals surface area contributed by atoms with Crippen LogP contribution in [0.3, 0.4) is 0 Å². The molecule has 18 heavy (non-hydrogen) atoms. The van der Waals surface area contributed by atoms with E-state index in [1.165, 1.54) is 12.8 Å². The molecule has 1 heterocycles. The molecule has 2 aliphatic rings. The van der Waals surface area contributed by atoms with Crippen LogP contribution in [0, 0.1) is 5.41 Å². The van der Waals surface area contributed by atoms with Gasteiger partial charge in [0.25, 0.3) is 0 Å². The van der Waals surface area contributed by atoms with E-state index in [9.17, 15) is 4.39 Å². The van der Waals surface area contributed by atoms with Crippen molar-refractivity contribution in [3.05, 3.63) is 0 Å². The Bertz CT molecular complexity index is 284. The minimum atomic E-state index is -0.347. The molecule has 104 valence electrons. The van der Waals surface area contributed by atoms with Crippen molar-refractivity contribution in [1.29, 1.82) is 0 Å². The summed E-state index contributed by atoms with van der Waals surface area (Å²) < 4.78 is 18.5. The standard InChI is InChI=1S/C13H24FN3O/c14-9-13(5-7-18-8-6-13)10-16-12(15)17-11-3-1-2-4-11/h11H,1-10H2,(H3,15,16,17). The van der Waals surface area contributed by atoms with E-state index in [1.54, 1.807) is 0 Å². The zero-order valence-corrected chi connectivity index (χ0v) is 11.0. The average molecular weight is 257 g/mol. The quantitative estimate of drug-likeness (QED) is 0.594. The molecule has 0 spiro atoms. The van der Waals surface area contributed by atoms with Crippen LogP contribution in [0.25, 0.3) is 0 Å². The highest BCUT2D eigenvalue weighted by Gasteiger charge is 2.32. The number of aliphatic imine (C=N–C) groups is 1. The highest BCUT2D eigenvalue weighted by molar-refractivity contribution is 5.78. The Morgan fingerprint density at radius 2 is 2.00 bits per heavy atom. The maximum absolute atomic E-state index is 13.2. The molecule has 1 aliphatic heterocycles. The van der Waals surface area contributed by atoms with Crippen LogP contribution in [0.4, 0.5) is 4.39 Å². The highest BCUT2D eigenvalue weighted by Crippen LogP contribution is 2.31. The Labute approximate surface area is 108 Å². The fourth-order valence-electron chi connectivity index (χ4n) is 2.72. The van der Waals surface area contributed by atoms with Gasteiger partial charge in [-0.05, 0) is 25.7 Å². The van der Waals surface area contributed by atoms with E-state index in [4.69, 9.17) is 10.5 Å². The molecule has 4 nitrogen and oxygen atoms in total. The van der Waals surface area contributed by atoms with Crippen molar-refractivity contribution in [3.8, 4) is 0 Å². The largest absolute Gasteiger partial charge is 0.381 e. The van der Waals surface area contributed by atoms with Gasteiger partial charge in [0.15, 0.2) is 5.96 Å². The molecule has 0 unspecified atom stereocenters. The van der Waals surface area contributed by atoms with Crippen LogP contribution < -0.4 is 11.1 Å². The Kier molecular flexibility index (Phi) is 4.80. The molecule has 0 aromatic rings. The fourth-order valence-corrected chi connectivity index (χ4v) is 2.72. The van der Waals surface area contributed by atoms with Gasteiger partial charge in [0.2, 0.25) is 0 Å². The highest BCUT2D eigenvalue weighted by atomic mass is 19.1. The first kappa shape index (κ1) is 13.6. The van der Waals surface area contributed by atoms with Gasteiger partial charge in [-0.15, -0.1) is 0 Å². The van der Waals surface area contributed by atoms with E-state index in [0.29, 0.717) is 31.8 Å².